The van der Waals surface area contributed by atoms with E-state index in [2.05, 4.69) is 76.4 Å². The molecule has 1 aromatic heterocycles. The lowest BCUT2D eigenvalue weighted by Gasteiger charge is -2.17. The van der Waals surface area contributed by atoms with E-state index in [1.165, 1.54) is 14.8 Å². The summed E-state index contributed by atoms with van der Waals surface area (Å²) in [5.41, 5.74) is 2.52. The summed E-state index contributed by atoms with van der Waals surface area (Å²) in [6.45, 7) is 5.17. The number of halogens is 1. The molecular weight excluding hydrogens is 355 g/mol. The summed E-state index contributed by atoms with van der Waals surface area (Å²) in [5, 5.41) is 6.85. The van der Waals surface area contributed by atoms with E-state index in [0.29, 0.717) is 6.04 Å². The van der Waals surface area contributed by atoms with Crippen LogP contribution in [0, 0.1) is 10.5 Å². The van der Waals surface area contributed by atoms with E-state index in [1.54, 1.807) is 11.3 Å². The zero-order valence-corrected chi connectivity index (χ0v) is 13.6. The van der Waals surface area contributed by atoms with Crippen LogP contribution in [-0.2, 0) is 6.42 Å². The molecule has 0 bridgehead atoms. The van der Waals surface area contributed by atoms with Crippen LogP contribution >= 0.6 is 33.9 Å². The van der Waals surface area contributed by atoms with E-state index in [9.17, 15) is 0 Å². The molecule has 4 heteroatoms. The summed E-state index contributed by atoms with van der Waals surface area (Å²) in [4.78, 5) is 4.56. The van der Waals surface area contributed by atoms with Gasteiger partial charge in [0, 0.05) is 21.4 Å². The molecule has 0 saturated heterocycles. The van der Waals surface area contributed by atoms with Gasteiger partial charge >= 0.3 is 0 Å². The topological polar surface area (TPSA) is 24.9 Å². The Balaban J connectivity index is 2.17. The lowest BCUT2D eigenvalue weighted by molar-refractivity contribution is 0.544. The van der Waals surface area contributed by atoms with Gasteiger partial charge in [-0.1, -0.05) is 19.1 Å². The van der Waals surface area contributed by atoms with Gasteiger partial charge in [-0.3, -0.25) is 0 Å². The van der Waals surface area contributed by atoms with Crippen LogP contribution in [-0.4, -0.2) is 11.5 Å². The number of hydrogen-bond acceptors (Lipinski definition) is 3. The van der Waals surface area contributed by atoms with E-state index in [1.807, 2.05) is 0 Å². The van der Waals surface area contributed by atoms with Crippen LogP contribution in [0.25, 0.3) is 0 Å². The molecule has 2 rings (SSSR count). The number of aromatic nitrogens is 1. The summed E-state index contributed by atoms with van der Waals surface area (Å²) < 4.78 is 1.28. The van der Waals surface area contributed by atoms with Crippen molar-refractivity contribution in [3.05, 3.63) is 49.5 Å². The maximum atomic E-state index is 4.56. The first kappa shape index (κ1) is 14.0. The minimum absolute atomic E-state index is 0.353. The summed E-state index contributed by atoms with van der Waals surface area (Å²) in [6, 6.07) is 9.03. The Morgan fingerprint density at radius 1 is 1.44 bits per heavy atom. The maximum Gasteiger partial charge on any atom is 0.0897 e. The molecule has 0 spiro atoms. The SMILES string of the molecule is CCNC(Cc1csc(C)n1)c1cccc(I)c1. The number of hydrogen-bond donors (Lipinski definition) is 1. The fourth-order valence-corrected chi connectivity index (χ4v) is 3.18. The number of aryl methyl sites for hydroxylation is 1. The molecule has 1 aromatic carbocycles. The lowest BCUT2D eigenvalue weighted by atomic mass is 10.0. The van der Waals surface area contributed by atoms with Crippen molar-refractivity contribution >= 4 is 33.9 Å². The van der Waals surface area contributed by atoms with E-state index in [0.717, 1.165) is 18.0 Å². The highest BCUT2D eigenvalue weighted by Gasteiger charge is 2.13. The van der Waals surface area contributed by atoms with Crippen molar-refractivity contribution in [2.24, 2.45) is 0 Å². The van der Waals surface area contributed by atoms with Gasteiger partial charge in [-0.05, 0) is 53.8 Å². The molecule has 0 saturated carbocycles. The van der Waals surface area contributed by atoms with Crippen LogP contribution in [0.15, 0.2) is 29.6 Å². The monoisotopic (exact) mass is 372 g/mol. The molecule has 1 heterocycles. The van der Waals surface area contributed by atoms with Crippen molar-refractivity contribution in [2.45, 2.75) is 26.3 Å². The van der Waals surface area contributed by atoms with E-state index < -0.39 is 0 Å². The fraction of sp³-hybridized carbons (Fsp3) is 0.357. The maximum absolute atomic E-state index is 4.56. The first-order valence-corrected chi connectivity index (χ1v) is 8.04. The Hall–Kier alpha value is -0.460. The number of benzene rings is 1. The second kappa shape index (κ2) is 6.63. The van der Waals surface area contributed by atoms with Gasteiger partial charge in [0.2, 0.25) is 0 Å². The van der Waals surface area contributed by atoms with Gasteiger partial charge in [0.25, 0.3) is 0 Å². The normalized spacial score (nSPS) is 12.6. The van der Waals surface area contributed by atoms with Crippen molar-refractivity contribution in [3.63, 3.8) is 0 Å². The number of nitrogens with zero attached hydrogens (tertiary/aromatic N) is 1. The molecule has 0 aliphatic rings. The van der Waals surface area contributed by atoms with Gasteiger partial charge in [0.05, 0.1) is 10.7 Å². The van der Waals surface area contributed by atoms with Gasteiger partial charge in [-0.2, -0.15) is 0 Å². The van der Waals surface area contributed by atoms with Crippen molar-refractivity contribution in [1.82, 2.24) is 10.3 Å². The zero-order valence-electron chi connectivity index (χ0n) is 10.6. The summed E-state index contributed by atoms with van der Waals surface area (Å²) >= 11 is 4.08. The zero-order chi connectivity index (χ0) is 13.0. The van der Waals surface area contributed by atoms with Crippen LogP contribution in [0.4, 0.5) is 0 Å². The Bertz CT molecular complexity index is 510. The van der Waals surface area contributed by atoms with Gasteiger partial charge in [0.1, 0.15) is 0 Å². The molecule has 2 nitrogen and oxygen atoms in total. The highest BCUT2D eigenvalue weighted by Crippen LogP contribution is 2.21. The van der Waals surface area contributed by atoms with E-state index >= 15 is 0 Å². The third-order valence-electron chi connectivity index (χ3n) is 2.78. The van der Waals surface area contributed by atoms with Gasteiger partial charge < -0.3 is 5.32 Å². The van der Waals surface area contributed by atoms with Crippen molar-refractivity contribution < 1.29 is 0 Å². The minimum atomic E-state index is 0.353. The molecule has 2 aromatic rings. The largest absolute Gasteiger partial charge is 0.310 e. The van der Waals surface area contributed by atoms with Crippen LogP contribution in [0.2, 0.25) is 0 Å². The van der Waals surface area contributed by atoms with Crippen LogP contribution < -0.4 is 5.32 Å². The fourth-order valence-electron chi connectivity index (χ4n) is 1.99. The minimum Gasteiger partial charge on any atom is -0.310 e. The molecule has 18 heavy (non-hydrogen) atoms. The number of rotatable bonds is 5. The molecular formula is C14H17IN2S. The second-order valence-corrected chi connectivity index (χ2v) is 6.54. The smallest absolute Gasteiger partial charge is 0.0897 e. The Morgan fingerprint density at radius 3 is 2.89 bits per heavy atom. The molecule has 0 radical (unpaired) electrons. The van der Waals surface area contributed by atoms with Gasteiger partial charge in [-0.15, -0.1) is 11.3 Å². The number of nitrogens with one attached hydrogen (secondary N) is 1. The molecule has 0 aliphatic carbocycles. The summed E-state index contributed by atoms with van der Waals surface area (Å²) in [7, 11) is 0. The molecule has 0 fully saturated rings. The molecule has 96 valence electrons. The molecule has 0 amide bonds. The predicted molar refractivity (Wildman–Crippen MR) is 86.1 cm³/mol. The number of thiazole rings is 1. The predicted octanol–water partition coefficient (Wildman–Crippen LogP) is 3.95. The first-order valence-electron chi connectivity index (χ1n) is 6.09. The number of likely N-dealkylation sites (N-methyl/N-ethyl adjacent to an activating group) is 1. The van der Waals surface area contributed by atoms with Crippen molar-refractivity contribution in [3.8, 4) is 0 Å². The van der Waals surface area contributed by atoms with Crippen LogP contribution in [0.5, 0.6) is 0 Å². The third kappa shape index (κ3) is 3.76. The van der Waals surface area contributed by atoms with Crippen molar-refractivity contribution in [2.75, 3.05) is 6.54 Å². The summed E-state index contributed by atoms with van der Waals surface area (Å²) in [6.07, 6.45) is 0.957. The average Bonchev–Trinajstić information content (AvgIpc) is 2.74. The Morgan fingerprint density at radius 2 is 2.28 bits per heavy atom. The molecule has 0 aliphatic heterocycles. The molecule has 1 N–H and O–H groups in total. The van der Waals surface area contributed by atoms with E-state index in [4.69, 9.17) is 0 Å². The standard InChI is InChI=1S/C14H17IN2S/c1-3-16-14(8-13-9-18-10(2)17-13)11-5-4-6-12(15)7-11/h4-7,9,14,16H,3,8H2,1-2H3. The highest BCUT2D eigenvalue weighted by molar-refractivity contribution is 14.1. The third-order valence-corrected chi connectivity index (χ3v) is 4.27. The van der Waals surface area contributed by atoms with Gasteiger partial charge in [0.15, 0.2) is 0 Å². The lowest BCUT2D eigenvalue weighted by Crippen LogP contribution is -2.23. The van der Waals surface area contributed by atoms with Crippen molar-refractivity contribution in [1.29, 1.82) is 0 Å². The van der Waals surface area contributed by atoms with Crippen LogP contribution in [0.1, 0.15) is 29.2 Å². The van der Waals surface area contributed by atoms with Gasteiger partial charge in [-0.25, -0.2) is 4.98 Å². The van der Waals surface area contributed by atoms with Crippen LogP contribution in [0.3, 0.4) is 0 Å². The Kier molecular flexibility index (Phi) is 5.14. The first-order chi connectivity index (χ1) is 8.69. The Labute approximate surface area is 126 Å². The van der Waals surface area contributed by atoms with E-state index in [-0.39, 0.29) is 0 Å². The quantitative estimate of drug-likeness (QED) is 0.804. The molecule has 1 unspecified atom stereocenters. The summed E-state index contributed by atoms with van der Waals surface area (Å²) in [5.74, 6) is 0. The second-order valence-electron chi connectivity index (χ2n) is 4.23. The highest BCUT2D eigenvalue weighted by atomic mass is 127. The molecule has 1 atom stereocenters. The average molecular weight is 372 g/mol.